The fraction of sp³-hybridized carbons (Fsp3) is 0.250. The summed E-state index contributed by atoms with van der Waals surface area (Å²) >= 11 is 0. The van der Waals surface area contributed by atoms with Crippen LogP contribution in [0.4, 0.5) is 4.39 Å². The molecule has 1 unspecified atom stereocenters. The lowest BCUT2D eigenvalue weighted by molar-refractivity contribution is 0.0658. The number of hydrogen-bond acceptors (Lipinski definition) is 2. The molecule has 1 aromatic carbocycles. The molecule has 1 aromatic rings. The van der Waals surface area contributed by atoms with E-state index in [4.69, 9.17) is 9.47 Å². The molecule has 0 N–H and O–H groups in total. The Morgan fingerprint density at radius 1 is 1.36 bits per heavy atom. The number of para-hydroxylation sites is 1. The van der Waals surface area contributed by atoms with Crippen LogP contribution in [-0.2, 0) is 0 Å². The summed E-state index contributed by atoms with van der Waals surface area (Å²) in [5.74, 6) is 0.337. The van der Waals surface area contributed by atoms with Gasteiger partial charge in [-0.1, -0.05) is 6.07 Å². The van der Waals surface area contributed by atoms with Gasteiger partial charge in [-0.25, -0.2) is 4.39 Å². The van der Waals surface area contributed by atoms with E-state index in [1.54, 1.807) is 19.1 Å². The van der Waals surface area contributed by atoms with Crippen LogP contribution in [0.2, 0.25) is 0 Å². The Bertz CT molecular complexity index is 285. The van der Waals surface area contributed by atoms with E-state index >= 15 is 0 Å². The van der Waals surface area contributed by atoms with E-state index in [-0.39, 0.29) is 17.9 Å². The Morgan fingerprint density at radius 3 is 2.91 bits per heavy atom. The highest BCUT2D eigenvalue weighted by atomic mass is 19.1. The van der Waals surface area contributed by atoms with Crippen molar-refractivity contribution >= 4 is 0 Å². The van der Waals surface area contributed by atoms with Crippen LogP contribution in [0.1, 0.15) is 6.92 Å². The lowest BCUT2D eigenvalue weighted by Crippen LogP contribution is -2.11. The van der Waals surface area contributed by atoms with Crippen LogP contribution >= 0.6 is 0 Å². The SMILES string of the molecule is CC1Oc2cccc(F)c2O1. The van der Waals surface area contributed by atoms with Crippen molar-refractivity contribution in [1.82, 2.24) is 0 Å². The zero-order valence-electron chi connectivity index (χ0n) is 6.00. The second-order valence-corrected chi connectivity index (χ2v) is 2.37. The normalized spacial score (nSPS) is 20.4. The van der Waals surface area contributed by atoms with Crippen LogP contribution in [0.5, 0.6) is 11.5 Å². The minimum absolute atomic E-state index is 0.222. The van der Waals surface area contributed by atoms with E-state index in [2.05, 4.69) is 0 Å². The summed E-state index contributed by atoms with van der Waals surface area (Å²) in [6.07, 6.45) is -0.373. The molecule has 1 aliphatic heterocycles. The van der Waals surface area contributed by atoms with Crippen molar-refractivity contribution in [1.29, 1.82) is 0 Å². The average Bonchev–Trinajstić information content (AvgIpc) is 2.31. The molecule has 0 saturated carbocycles. The van der Waals surface area contributed by atoms with Gasteiger partial charge in [0, 0.05) is 6.92 Å². The number of hydrogen-bond donors (Lipinski definition) is 0. The molecule has 3 heteroatoms. The van der Waals surface area contributed by atoms with Gasteiger partial charge in [-0.05, 0) is 12.1 Å². The molecule has 0 saturated heterocycles. The Morgan fingerprint density at radius 2 is 2.18 bits per heavy atom. The highest BCUT2D eigenvalue weighted by molar-refractivity contribution is 5.42. The third-order valence-corrected chi connectivity index (χ3v) is 1.51. The van der Waals surface area contributed by atoms with Gasteiger partial charge < -0.3 is 9.47 Å². The minimum Gasteiger partial charge on any atom is -0.451 e. The van der Waals surface area contributed by atoms with E-state index in [9.17, 15) is 4.39 Å². The van der Waals surface area contributed by atoms with E-state index in [1.807, 2.05) is 0 Å². The van der Waals surface area contributed by atoms with Crippen molar-refractivity contribution in [3.8, 4) is 11.5 Å². The van der Waals surface area contributed by atoms with Crippen LogP contribution in [0.15, 0.2) is 18.2 Å². The molecule has 1 aliphatic rings. The van der Waals surface area contributed by atoms with Crippen molar-refractivity contribution < 1.29 is 13.9 Å². The van der Waals surface area contributed by atoms with Gasteiger partial charge in [-0.2, -0.15) is 0 Å². The lowest BCUT2D eigenvalue weighted by atomic mass is 10.3. The van der Waals surface area contributed by atoms with Gasteiger partial charge in [0.1, 0.15) is 0 Å². The fourth-order valence-electron chi connectivity index (χ4n) is 1.07. The average molecular weight is 154 g/mol. The molecular weight excluding hydrogens is 147 g/mol. The van der Waals surface area contributed by atoms with E-state index in [1.165, 1.54) is 6.07 Å². The predicted molar refractivity (Wildman–Crippen MR) is 37.1 cm³/mol. The van der Waals surface area contributed by atoms with E-state index < -0.39 is 0 Å². The second-order valence-electron chi connectivity index (χ2n) is 2.37. The van der Waals surface area contributed by atoms with Crippen LogP contribution < -0.4 is 9.47 Å². The maximum absolute atomic E-state index is 12.9. The first-order valence-electron chi connectivity index (χ1n) is 3.39. The summed E-state index contributed by atoms with van der Waals surface area (Å²) in [7, 11) is 0. The molecule has 0 aliphatic carbocycles. The van der Waals surface area contributed by atoms with Crippen LogP contribution in [-0.4, -0.2) is 6.29 Å². The molecule has 0 radical (unpaired) electrons. The Kier molecular flexibility index (Phi) is 1.24. The molecule has 1 atom stereocenters. The third-order valence-electron chi connectivity index (χ3n) is 1.51. The summed E-state index contributed by atoms with van der Waals surface area (Å²) in [6.45, 7) is 1.72. The predicted octanol–water partition coefficient (Wildman–Crippen LogP) is 1.94. The van der Waals surface area contributed by atoms with Gasteiger partial charge in [0.2, 0.25) is 12.0 Å². The van der Waals surface area contributed by atoms with Crippen molar-refractivity contribution in [3.63, 3.8) is 0 Å². The second kappa shape index (κ2) is 2.12. The Balaban J connectivity index is 2.49. The number of ether oxygens (including phenoxy) is 2. The third kappa shape index (κ3) is 0.926. The quantitative estimate of drug-likeness (QED) is 0.568. The van der Waals surface area contributed by atoms with Gasteiger partial charge in [-0.3, -0.25) is 0 Å². The minimum atomic E-state index is -0.373. The highest BCUT2D eigenvalue weighted by Crippen LogP contribution is 2.36. The molecule has 2 rings (SSSR count). The topological polar surface area (TPSA) is 18.5 Å². The molecule has 0 amide bonds. The number of halogens is 1. The smallest absolute Gasteiger partial charge is 0.238 e. The summed E-state index contributed by atoms with van der Waals surface area (Å²) in [4.78, 5) is 0. The number of benzene rings is 1. The molecule has 11 heavy (non-hydrogen) atoms. The molecule has 0 fully saturated rings. The first-order valence-corrected chi connectivity index (χ1v) is 3.39. The zero-order valence-corrected chi connectivity index (χ0v) is 6.00. The van der Waals surface area contributed by atoms with E-state index in [0.717, 1.165) is 0 Å². The maximum atomic E-state index is 12.9. The molecule has 0 bridgehead atoms. The summed E-state index contributed by atoms with van der Waals surface area (Å²) in [5, 5.41) is 0. The van der Waals surface area contributed by atoms with Crippen LogP contribution in [0.25, 0.3) is 0 Å². The van der Waals surface area contributed by atoms with Crippen molar-refractivity contribution in [2.75, 3.05) is 0 Å². The monoisotopic (exact) mass is 154 g/mol. The van der Waals surface area contributed by atoms with Crippen LogP contribution in [0.3, 0.4) is 0 Å². The van der Waals surface area contributed by atoms with Gasteiger partial charge >= 0.3 is 0 Å². The Hall–Kier alpha value is -1.25. The molecule has 58 valence electrons. The largest absolute Gasteiger partial charge is 0.451 e. The van der Waals surface area contributed by atoms with Gasteiger partial charge in [0.05, 0.1) is 0 Å². The maximum Gasteiger partial charge on any atom is 0.238 e. The zero-order chi connectivity index (χ0) is 7.84. The first kappa shape index (κ1) is 6.46. The standard InChI is InChI=1S/C8H7FO2/c1-5-10-7-4-2-3-6(9)8(7)11-5/h2-5H,1H3. The molecule has 0 spiro atoms. The summed E-state index contributed by atoms with van der Waals surface area (Å²) in [5.41, 5.74) is 0. The van der Waals surface area contributed by atoms with Crippen molar-refractivity contribution in [2.24, 2.45) is 0 Å². The molecule has 0 aromatic heterocycles. The molecule has 1 heterocycles. The Labute approximate surface area is 63.5 Å². The van der Waals surface area contributed by atoms with Gasteiger partial charge in [0.25, 0.3) is 0 Å². The van der Waals surface area contributed by atoms with E-state index in [0.29, 0.717) is 5.75 Å². The highest BCUT2D eigenvalue weighted by Gasteiger charge is 2.22. The summed E-state index contributed by atoms with van der Waals surface area (Å²) < 4.78 is 23.0. The molecular formula is C8H7FO2. The molecule has 2 nitrogen and oxygen atoms in total. The van der Waals surface area contributed by atoms with Gasteiger partial charge in [-0.15, -0.1) is 0 Å². The lowest BCUT2D eigenvalue weighted by Gasteiger charge is -1.99. The van der Waals surface area contributed by atoms with Crippen molar-refractivity contribution in [3.05, 3.63) is 24.0 Å². The van der Waals surface area contributed by atoms with Crippen molar-refractivity contribution in [2.45, 2.75) is 13.2 Å². The number of rotatable bonds is 0. The van der Waals surface area contributed by atoms with Gasteiger partial charge in [0.15, 0.2) is 11.6 Å². The summed E-state index contributed by atoms with van der Waals surface area (Å²) in [6, 6.07) is 4.62. The fourth-order valence-corrected chi connectivity index (χ4v) is 1.07. The first-order chi connectivity index (χ1) is 5.27. The number of fused-ring (bicyclic) bond motifs is 1. The van der Waals surface area contributed by atoms with Crippen LogP contribution in [0, 0.1) is 5.82 Å².